The molecule has 0 saturated carbocycles. The van der Waals surface area contributed by atoms with E-state index < -0.39 is 29.7 Å². The second kappa shape index (κ2) is 7.98. The van der Waals surface area contributed by atoms with Gasteiger partial charge in [0.25, 0.3) is 5.91 Å². The van der Waals surface area contributed by atoms with Gasteiger partial charge in [-0.05, 0) is 25.0 Å². The summed E-state index contributed by atoms with van der Waals surface area (Å²) in [5.41, 5.74) is 5.60. The summed E-state index contributed by atoms with van der Waals surface area (Å²) in [5.74, 6) is -2.08. The quantitative estimate of drug-likeness (QED) is 0.700. The third-order valence-corrected chi connectivity index (χ3v) is 2.88. The molecular formula is C14H19N3O4. The fourth-order valence-electron chi connectivity index (χ4n) is 1.82. The number of esters is 1. The van der Waals surface area contributed by atoms with Gasteiger partial charge in [0.2, 0.25) is 5.91 Å². The molecule has 0 unspecified atom stereocenters. The molecule has 1 rings (SSSR count). The van der Waals surface area contributed by atoms with Crippen molar-refractivity contribution in [3.8, 4) is 0 Å². The zero-order valence-corrected chi connectivity index (χ0v) is 12.0. The number of carbonyl (C=O) groups is 3. The largest absolute Gasteiger partial charge is 0.466 e. The highest BCUT2D eigenvalue weighted by Gasteiger charge is 2.27. The van der Waals surface area contributed by atoms with Crippen LogP contribution in [0, 0.1) is 5.92 Å². The number of nitrogens with zero attached hydrogens (tertiary/aromatic N) is 1. The van der Waals surface area contributed by atoms with E-state index >= 15 is 0 Å². The van der Waals surface area contributed by atoms with E-state index in [2.05, 4.69) is 10.3 Å². The van der Waals surface area contributed by atoms with Crippen molar-refractivity contribution in [2.24, 2.45) is 11.7 Å². The maximum Gasteiger partial charge on any atom is 0.306 e. The number of primary amides is 1. The number of nitrogens with one attached hydrogen (secondary N) is 1. The maximum atomic E-state index is 12.0. The van der Waals surface area contributed by atoms with E-state index in [9.17, 15) is 14.4 Å². The van der Waals surface area contributed by atoms with E-state index in [1.54, 1.807) is 26.0 Å². The van der Waals surface area contributed by atoms with Crippen LogP contribution in [0.2, 0.25) is 0 Å². The standard InChI is InChI=1S/C14H19N3O4/c1-3-21-11(18)7-9(2)12(13(15)19)17-14(20)10-5-4-6-16-8-10/h4-6,8-9,12H,3,7H2,1-2H3,(H2,15,19)(H,17,20)/t9-,12-/m1/s1. The molecule has 0 fully saturated rings. The van der Waals surface area contributed by atoms with Gasteiger partial charge in [-0.25, -0.2) is 0 Å². The third-order valence-electron chi connectivity index (χ3n) is 2.88. The van der Waals surface area contributed by atoms with E-state index in [1.807, 2.05) is 0 Å². The van der Waals surface area contributed by atoms with Crippen LogP contribution in [0.25, 0.3) is 0 Å². The van der Waals surface area contributed by atoms with E-state index in [4.69, 9.17) is 10.5 Å². The summed E-state index contributed by atoms with van der Waals surface area (Å²) in [6.07, 6.45) is 2.91. The van der Waals surface area contributed by atoms with E-state index in [-0.39, 0.29) is 13.0 Å². The molecule has 0 radical (unpaired) electrons. The van der Waals surface area contributed by atoms with Gasteiger partial charge in [0, 0.05) is 12.4 Å². The minimum atomic E-state index is -0.956. The summed E-state index contributed by atoms with van der Waals surface area (Å²) < 4.78 is 4.82. The fraction of sp³-hybridized carbons (Fsp3) is 0.429. The molecular weight excluding hydrogens is 274 g/mol. The van der Waals surface area contributed by atoms with Crippen LogP contribution in [-0.4, -0.2) is 35.4 Å². The first kappa shape index (κ1) is 16.6. The number of ether oxygens (including phenoxy) is 1. The van der Waals surface area contributed by atoms with Crippen molar-refractivity contribution in [3.05, 3.63) is 30.1 Å². The molecule has 1 aromatic rings. The van der Waals surface area contributed by atoms with Crippen LogP contribution in [0.15, 0.2) is 24.5 Å². The Balaban J connectivity index is 2.71. The minimum Gasteiger partial charge on any atom is -0.466 e. The number of hydrogen-bond acceptors (Lipinski definition) is 5. The molecule has 0 aliphatic carbocycles. The number of pyridine rings is 1. The molecule has 21 heavy (non-hydrogen) atoms. The molecule has 1 aromatic heterocycles. The fourth-order valence-corrected chi connectivity index (χ4v) is 1.82. The molecule has 1 heterocycles. The van der Waals surface area contributed by atoms with Crippen molar-refractivity contribution in [1.29, 1.82) is 0 Å². The minimum absolute atomic E-state index is 0.00519. The first-order valence-corrected chi connectivity index (χ1v) is 6.61. The molecule has 7 nitrogen and oxygen atoms in total. The van der Waals surface area contributed by atoms with Gasteiger partial charge in [-0.15, -0.1) is 0 Å². The zero-order valence-electron chi connectivity index (χ0n) is 12.0. The van der Waals surface area contributed by atoms with Crippen LogP contribution in [0.1, 0.15) is 30.6 Å². The van der Waals surface area contributed by atoms with Crippen molar-refractivity contribution in [1.82, 2.24) is 10.3 Å². The van der Waals surface area contributed by atoms with Crippen LogP contribution in [-0.2, 0) is 14.3 Å². The number of amides is 2. The maximum absolute atomic E-state index is 12.0. The molecule has 114 valence electrons. The lowest BCUT2D eigenvalue weighted by Crippen LogP contribution is -2.49. The highest BCUT2D eigenvalue weighted by atomic mass is 16.5. The predicted octanol–water partition coefficient (Wildman–Crippen LogP) is 0.255. The summed E-state index contributed by atoms with van der Waals surface area (Å²) in [6.45, 7) is 3.60. The van der Waals surface area contributed by atoms with Crippen molar-refractivity contribution >= 4 is 17.8 Å². The molecule has 3 N–H and O–H groups in total. The number of nitrogens with two attached hydrogens (primary N) is 1. The molecule has 2 amide bonds. The van der Waals surface area contributed by atoms with Gasteiger partial charge in [-0.1, -0.05) is 6.92 Å². The molecule has 7 heteroatoms. The molecule has 0 aliphatic heterocycles. The SMILES string of the molecule is CCOC(=O)C[C@@H](C)[C@@H](NC(=O)c1cccnc1)C(N)=O. The van der Waals surface area contributed by atoms with Gasteiger partial charge < -0.3 is 15.8 Å². The molecule has 0 aliphatic rings. The molecule has 0 aromatic carbocycles. The molecule has 0 bridgehead atoms. The average molecular weight is 293 g/mol. The van der Waals surface area contributed by atoms with E-state index in [1.165, 1.54) is 12.4 Å². The van der Waals surface area contributed by atoms with Crippen LogP contribution in [0.4, 0.5) is 0 Å². The summed E-state index contributed by atoms with van der Waals surface area (Å²) in [6, 6.07) is 2.22. The van der Waals surface area contributed by atoms with E-state index in [0.29, 0.717) is 5.56 Å². The zero-order chi connectivity index (χ0) is 15.8. The lowest BCUT2D eigenvalue weighted by Gasteiger charge is -2.21. The van der Waals surface area contributed by atoms with Gasteiger partial charge >= 0.3 is 5.97 Å². The Labute approximate surface area is 122 Å². The van der Waals surface area contributed by atoms with Crippen LogP contribution < -0.4 is 11.1 Å². The Morgan fingerprint density at radius 2 is 2.14 bits per heavy atom. The van der Waals surface area contributed by atoms with Crippen molar-refractivity contribution < 1.29 is 19.1 Å². The molecule has 2 atom stereocenters. The third kappa shape index (κ3) is 5.21. The first-order chi connectivity index (χ1) is 9.95. The van der Waals surface area contributed by atoms with Crippen LogP contribution in [0.3, 0.4) is 0 Å². The normalized spacial score (nSPS) is 13.0. The number of aromatic nitrogens is 1. The van der Waals surface area contributed by atoms with Gasteiger partial charge in [-0.2, -0.15) is 0 Å². The second-order valence-corrected chi connectivity index (χ2v) is 4.58. The highest BCUT2D eigenvalue weighted by molar-refractivity contribution is 5.97. The van der Waals surface area contributed by atoms with Crippen molar-refractivity contribution in [2.45, 2.75) is 26.3 Å². The Morgan fingerprint density at radius 3 is 2.67 bits per heavy atom. The summed E-state index contributed by atoms with van der Waals surface area (Å²) in [4.78, 5) is 38.8. The Morgan fingerprint density at radius 1 is 1.43 bits per heavy atom. The number of rotatable bonds is 7. The van der Waals surface area contributed by atoms with Gasteiger partial charge in [-0.3, -0.25) is 19.4 Å². The van der Waals surface area contributed by atoms with E-state index in [0.717, 1.165) is 0 Å². The van der Waals surface area contributed by atoms with Crippen LogP contribution >= 0.6 is 0 Å². The average Bonchev–Trinajstić information content (AvgIpc) is 2.45. The Bertz CT molecular complexity index is 504. The smallest absolute Gasteiger partial charge is 0.306 e. The summed E-state index contributed by atoms with van der Waals surface area (Å²) in [5, 5.41) is 2.52. The highest BCUT2D eigenvalue weighted by Crippen LogP contribution is 2.10. The van der Waals surface area contributed by atoms with Gasteiger partial charge in [0.05, 0.1) is 18.6 Å². The van der Waals surface area contributed by atoms with Gasteiger partial charge in [0.1, 0.15) is 6.04 Å². The summed E-state index contributed by atoms with van der Waals surface area (Å²) >= 11 is 0. The number of carbonyl (C=O) groups excluding carboxylic acids is 3. The van der Waals surface area contributed by atoms with Crippen molar-refractivity contribution in [3.63, 3.8) is 0 Å². The first-order valence-electron chi connectivity index (χ1n) is 6.61. The monoisotopic (exact) mass is 293 g/mol. The number of hydrogen-bond donors (Lipinski definition) is 2. The molecule has 0 saturated heterocycles. The van der Waals surface area contributed by atoms with Crippen LogP contribution in [0.5, 0.6) is 0 Å². The Hall–Kier alpha value is -2.44. The molecule has 0 spiro atoms. The van der Waals surface area contributed by atoms with Crippen molar-refractivity contribution in [2.75, 3.05) is 6.61 Å². The predicted molar refractivity (Wildman–Crippen MR) is 75.1 cm³/mol. The lowest BCUT2D eigenvalue weighted by atomic mass is 9.97. The van der Waals surface area contributed by atoms with Gasteiger partial charge in [0.15, 0.2) is 0 Å². The Kier molecular flexibility index (Phi) is 6.32. The second-order valence-electron chi connectivity index (χ2n) is 4.58. The lowest BCUT2D eigenvalue weighted by molar-refractivity contribution is -0.144. The topological polar surface area (TPSA) is 111 Å². The summed E-state index contributed by atoms with van der Waals surface area (Å²) in [7, 11) is 0.